The average molecular weight is 256 g/mol. The Labute approximate surface area is 93.2 Å². The van der Waals surface area contributed by atoms with E-state index >= 15 is 0 Å². The molecule has 1 N–H and O–H groups in total. The van der Waals surface area contributed by atoms with Crippen LogP contribution >= 0.6 is 15.9 Å². The number of hydrogen-bond acceptors (Lipinski definition) is 2. The molecule has 0 saturated carbocycles. The number of halogens is 1. The molecular weight excluding hydrogens is 242 g/mol. The summed E-state index contributed by atoms with van der Waals surface area (Å²) >= 11 is 3.28. The quantitative estimate of drug-likeness (QED) is 0.819. The van der Waals surface area contributed by atoms with Crippen LogP contribution in [0, 0.1) is 12.3 Å². The van der Waals surface area contributed by atoms with Gasteiger partial charge in [0.05, 0.1) is 6.04 Å². The van der Waals surface area contributed by atoms with E-state index in [1.54, 1.807) is 0 Å². The first kappa shape index (κ1) is 11.4. The molecular formula is C11H14BrNO. The molecule has 76 valence electrons. The molecule has 0 fully saturated rings. The van der Waals surface area contributed by atoms with Gasteiger partial charge in [-0.2, -0.15) is 0 Å². The van der Waals surface area contributed by atoms with E-state index in [2.05, 4.69) is 34.1 Å². The predicted molar refractivity (Wildman–Crippen MR) is 60.9 cm³/mol. The molecule has 14 heavy (non-hydrogen) atoms. The summed E-state index contributed by atoms with van der Waals surface area (Å²) in [6, 6.07) is 4.09. The largest absolute Gasteiger partial charge is 0.453 e. The van der Waals surface area contributed by atoms with Gasteiger partial charge in [-0.3, -0.25) is 0 Å². The van der Waals surface area contributed by atoms with E-state index in [1.807, 2.05) is 12.1 Å². The summed E-state index contributed by atoms with van der Waals surface area (Å²) in [6.45, 7) is 2.98. The molecule has 1 rings (SSSR count). The molecule has 0 aliphatic rings. The van der Waals surface area contributed by atoms with Crippen LogP contribution in [0.4, 0.5) is 0 Å². The van der Waals surface area contributed by atoms with Crippen molar-refractivity contribution in [3.63, 3.8) is 0 Å². The van der Waals surface area contributed by atoms with Crippen LogP contribution in [0.3, 0.4) is 0 Å². The molecule has 1 unspecified atom stereocenters. The van der Waals surface area contributed by atoms with Crippen LogP contribution in [0.5, 0.6) is 0 Å². The van der Waals surface area contributed by atoms with Crippen LogP contribution in [-0.4, -0.2) is 6.54 Å². The Morgan fingerprint density at radius 3 is 2.93 bits per heavy atom. The van der Waals surface area contributed by atoms with Crippen molar-refractivity contribution in [1.29, 1.82) is 0 Å². The summed E-state index contributed by atoms with van der Waals surface area (Å²) in [5.41, 5.74) is 0. The smallest absolute Gasteiger partial charge is 0.169 e. The van der Waals surface area contributed by atoms with Crippen molar-refractivity contribution in [2.24, 2.45) is 0 Å². The first-order valence-corrected chi connectivity index (χ1v) is 5.49. The number of furan rings is 1. The highest BCUT2D eigenvalue weighted by Crippen LogP contribution is 2.23. The molecule has 1 heterocycles. The summed E-state index contributed by atoms with van der Waals surface area (Å²) in [6.07, 6.45) is 6.91. The van der Waals surface area contributed by atoms with Crippen LogP contribution in [0.1, 0.15) is 31.6 Å². The maximum absolute atomic E-state index is 5.48. The number of hydrogen-bond donors (Lipinski definition) is 1. The van der Waals surface area contributed by atoms with Gasteiger partial charge in [-0.25, -0.2) is 0 Å². The molecule has 0 aliphatic heterocycles. The zero-order valence-corrected chi connectivity index (χ0v) is 9.80. The van der Waals surface area contributed by atoms with Crippen molar-refractivity contribution in [3.8, 4) is 12.3 Å². The molecule has 0 saturated heterocycles. The van der Waals surface area contributed by atoms with Crippen molar-refractivity contribution < 1.29 is 4.42 Å². The highest BCUT2D eigenvalue weighted by Gasteiger charge is 2.12. The van der Waals surface area contributed by atoms with Crippen LogP contribution < -0.4 is 5.32 Å². The maximum Gasteiger partial charge on any atom is 0.169 e. The van der Waals surface area contributed by atoms with Gasteiger partial charge in [0.1, 0.15) is 5.76 Å². The van der Waals surface area contributed by atoms with E-state index in [0.29, 0.717) is 0 Å². The first-order valence-electron chi connectivity index (χ1n) is 4.70. The molecule has 0 aliphatic carbocycles. The molecule has 0 amide bonds. The van der Waals surface area contributed by atoms with E-state index in [0.717, 1.165) is 29.8 Å². The van der Waals surface area contributed by atoms with E-state index < -0.39 is 0 Å². The standard InChI is InChI=1S/C11H14BrNO/c1-3-5-6-9(13-4-2)10-7-8-11(12)14-10/h1,7-9,13H,4-6H2,2H3. The van der Waals surface area contributed by atoms with E-state index in [4.69, 9.17) is 10.8 Å². The Hall–Kier alpha value is -0.720. The number of rotatable bonds is 5. The lowest BCUT2D eigenvalue weighted by molar-refractivity contribution is 0.394. The second-order valence-electron chi connectivity index (χ2n) is 2.99. The van der Waals surface area contributed by atoms with Gasteiger partial charge in [-0.15, -0.1) is 12.3 Å². The Bertz CT molecular complexity index is 313. The second-order valence-corrected chi connectivity index (χ2v) is 3.78. The lowest BCUT2D eigenvalue weighted by Gasteiger charge is -2.13. The van der Waals surface area contributed by atoms with Gasteiger partial charge in [-0.1, -0.05) is 6.92 Å². The predicted octanol–water partition coefficient (Wildman–Crippen LogP) is 3.11. The molecule has 2 nitrogen and oxygen atoms in total. The SMILES string of the molecule is C#CCCC(NCC)c1ccc(Br)o1. The molecule has 0 aromatic carbocycles. The van der Waals surface area contributed by atoms with Crippen LogP contribution in [0.25, 0.3) is 0 Å². The van der Waals surface area contributed by atoms with Crippen LogP contribution in [0.2, 0.25) is 0 Å². The Morgan fingerprint density at radius 1 is 1.64 bits per heavy atom. The van der Waals surface area contributed by atoms with Crippen LogP contribution in [-0.2, 0) is 0 Å². The van der Waals surface area contributed by atoms with Crippen molar-refractivity contribution >= 4 is 15.9 Å². The topological polar surface area (TPSA) is 25.2 Å². The van der Waals surface area contributed by atoms with Crippen molar-refractivity contribution in [2.45, 2.75) is 25.8 Å². The molecule has 1 aromatic rings. The summed E-state index contributed by atoms with van der Waals surface area (Å²) in [5, 5.41) is 3.34. The van der Waals surface area contributed by atoms with Gasteiger partial charge in [0, 0.05) is 6.42 Å². The van der Waals surface area contributed by atoms with Gasteiger partial charge in [0.25, 0.3) is 0 Å². The fourth-order valence-corrected chi connectivity index (χ4v) is 1.65. The Kier molecular flexibility index (Phi) is 4.78. The van der Waals surface area contributed by atoms with Gasteiger partial charge in [0.2, 0.25) is 0 Å². The molecule has 1 atom stereocenters. The van der Waals surface area contributed by atoms with Crippen molar-refractivity contribution in [2.75, 3.05) is 6.54 Å². The van der Waals surface area contributed by atoms with E-state index in [-0.39, 0.29) is 6.04 Å². The third-order valence-electron chi connectivity index (χ3n) is 1.97. The molecule has 3 heteroatoms. The number of terminal acetylenes is 1. The second kappa shape index (κ2) is 5.90. The van der Waals surface area contributed by atoms with Gasteiger partial charge >= 0.3 is 0 Å². The van der Waals surface area contributed by atoms with E-state index in [9.17, 15) is 0 Å². The lowest BCUT2D eigenvalue weighted by atomic mass is 10.1. The third-order valence-corrected chi connectivity index (χ3v) is 2.39. The third kappa shape index (κ3) is 3.21. The summed E-state index contributed by atoms with van der Waals surface area (Å²) in [7, 11) is 0. The van der Waals surface area contributed by atoms with Gasteiger partial charge in [0.15, 0.2) is 4.67 Å². The minimum Gasteiger partial charge on any atom is -0.453 e. The normalized spacial score (nSPS) is 12.4. The molecule has 0 spiro atoms. The highest BCUT2D eigenvalue weighted by molar-refractivity contribution is 9.10. The van der Waals surface area contributed by atoms with Crippen LogP contribution in [0.15, 0.2) is 21.2 Å². The summed E-state index contributed by atoms with van der Waals surface area (Å²) in [5.74, 6) is 3.58. The van der Waals surface area contributed by atoms with Crippen molar-refractivity contribution in [1.82, 2.24) is 5.32 Å². The average Bonchev–Trinajstić information content (AvgIpc) is 2.59. The monoisotopic (exact) mass is 255 g/mol. The zero-order chi connectivity index (χ0) is 10.4. The lowest BCUT2D eigenvalue weighted by Crippen LogP contribution is -2.20. The minimum atomic E-state index is 0.224. The highest BCUT2D eigenvalue weighted by atomic mass is 79.9. The zero-order valence-electron chi connectivity index (χ0n) is 8.22. The summed E-state index contributed by atoms with van der Waals surface area (Å²) in [4.78, 5) is 0. The first-order chi connectivity index (χ1) is 6.77. The number of nitrogens with one attached hydrogen (secondary N) is 1. The Morgan fingerprint density at radius 2 is 2.43 bits per heavy atom. The molecule has 0 radical (unpaired) electrons. The molecule has 0 bridgehead atoms. The Balaban J connectivity index is 2.63. The van der Waals surface area contributed by atoms with Gasteiger partial charge in [-0.05, 0) is 41.0 Å². The van der Waals surface area contributed by atoms with Gasteiger partial charge < -0.3 is 9.73 Å². The summed E-state index contributed by atoms with van der Waals surface area (Å²) < 4.78 is 6.24. The van der Waals surface area contributed by atoms with E-state index in [1.165, 1.54) is 0 Å². The minimum absolute atomic E-state index is 0.224. The molecule has 1 aromatic heterocycles. The fraction of sp³-hybridized carbons (Fsp3) is 0.455. The maximum atomic E-state index is 5.48. The van der Waals surface area contributed by atoms with Crippen molar-refractivity contribution in [3.05, 3.63) is 22.6 Å². The fourth-order valence-electron chi connectivity index (χ4n) is 1.33.